The molecule has 2 N–H and O–H groups in total. The number of nitrogens with two attached hydrogens (primary N) is 1. The number of halogens is 3. The van der Waals surface area contributed by atoms with Crippen molar-refractivity contribution < 1.29 is 13.2 Å². The molecule has 0 bridgehead atoms. The fourth-order valence-corrected chi connectivity index (χ4v) is 2.24. The number of rotatable bonds is 4. The summed E-state index contributed by atoms with van der Waals surface area (Å²) in [5.41, 5.74) is 6.89. The van der Waals surface area contributed by atoms with E-state index < -0.39 is 23.4 Å². The first-order valence-corrected chi connectivity index (χ1v) is 6.44. The van der Waals surface area contributed by atoms with Crippen molar-refractivity contribution in [1.29, 1.82) is 0 Å². The van der Waals surface area contributed by atoms with Gasteiger partial charge in [0.25, 0.3) is 0 Å². The van der Waals surface area contributed by atoms with E-state index in [0.717, 1.165) is 17.7 Å². The van der Waals surface area contributed by atoms with Crippen molar-refractivity contribution in [2.24, 2.45) is 0 Å². The van der Waals surface area contributed by atoms with Crippen LogP contribution in [0.5, 0.6) is 0 Å². The molecule has 110 valence electrons. The van der Waals surface area contributed by atoms with Gasteiger partial charge < -0.3 is 5.73 Å². The molecule has 2 aromatic rings. The minimum Gasteiger partial charge on any atom is -0.383 e. The molecule has 0 spiro atoms. The molecule has 0 aliphatic carbocycles. The van der Waals surface area contributed by atoms with Crippen molar-refractivity contribution in [3.63, 3.8) is 0 Å². The highest BCUT2D eigenvalue weighted by molar-refractivity contribution is 5.52. The molecule has 2 rings (SSSR count). The van der Waals surface area contributed by atoms with Gasteiger partial charge >= 0.3 is 0 Å². The van der Waals surface area contributed by atoms with Crippen molar-refractivity contribution in [2.45, 2.75) is 19.3 Å². The van der Waals surface area contributed by atoms with Crippen molar-refractivity contribution in [3.05, 3.63) is 65.1 Å². The number of aromatic nitrogens is 1. The Balaban J connectivity index is 2.36. The van der Waals surface area contributed by atoms with Gasteiger partial charge in [0, 0.05) is 11.8 Å². The Kier molecular flexibility index (Phi) is 4.31. The molecule has 2 nitrogen and oxygen atoms in total. The molecule has 0 aliphatic rings. The molecular formula is C16H15F3N2. The summed E-state index contributed by atoms with van der Waals surface area (Å²) < 4.78 is 40.8. The van der Waals surface area contributed by atoms with Crippen molar-refractivity contribution >= 4 is 11.9 Å². The van der Waals surface area contributed by atoms with E-state index in [4.69, 9.17) is 5.73 Å². The van der Waals surface area contributed by atoms with E-state index in [1.165, 1.54) is 0 Å². The molecule has 21 heavy (non-hydrogen) atoms. The summed E-state index contributed by atoms with van der Waals surface area (Å²) in [6.07, 6.45) is 3.40. The maximum atomic E-state index is 13.8. The third-order valence-corrected chi connectivity index (χ3v) is 3.36. The van der Waals surface area contributed by atoms with E-state index >= 15 is 0 Å². The lowest BCUT2D eigenvalue weighted by Gasteiger charge is -2.15. The summed E-state index contributed by atoms with van der Waals surface area (Å²) >= 11 is 0. The lowest BCUT2D eigenvalue weighted by Crippen LogP contribution is -2.08. The van der Waals surface area contributed by atoms with E-state index in [0.29, 0.717) is 5.56 Å². The standard InChI is InChI=1S/C16H15F3N2/c1-3-10-7-11(16(20)21-8-10)6-9(2)14-12(17)4-5-13(18)15(14)19/h3-5,7-9H,1,6H2,2H3,(H2,20,21). The molecule has 0 saturated carbocycles. The summed E-state index contributed by atoms with van der Waals surface area (Å²) in [5, 5.41) is 0. The first-order valence-electron chi connectivity index (χ1n) is 6.44. The van der Waals surface area contributed by atoms with E-state index in [1.54, 1.807) is 25.3 Å². The smallest absolute Gasteiger partial charge is 0.165 e. The maximum absolute atomic E-state index is 13.8. The van der Waals surface area contributed by atoms with Crippen LogP contribution in [0, 0.1) is 17.5 Å². The van der Waals surface area contributed by atoms with Gasteiger partial charge in [-0.1, -0.05) is 19.6 Å². The first kappa shape index (κ1) is 15.1. The molecule has 0 aliphatic heterocycles. The molecular weight excluding hydrogens is 277 g/mol. The predicted octanol–water partition coefficient (Wildman–Crippen LogP) is 4.07. The Bertz CT molecular complexity index is 683. The highest BCUT2D eigenvalue weighted by Gasteiger charge is 2.20. The summed E-state index contributed by atoms with van der Waals surface area (Å²) in [4.78, 5) is 4.00. The zero-order valence-electron chi connectivity index (χ0n) is 11.5. The predicted molar refractivity (Wildman–Crippen MR) is 77.2 cm³/mol. The lowest BCUT2D eigenvalue weighted by atomic mass is 9.92. The number of hydrogen-bond acceptors (Lipinski definition) is 2. The Hall–Kier alpha value is -2.30. The number of hydrogen-bond donors (Lipinski definition) is 1. The summed E-state index contributed by atoms with van der Waals surface area (Å²) in [5.74, 6) is -3.29. The average molecular weight is 292 g/mol. The van der Waals surface area contributed by atoms with Gasteiger partial charge in [-0.2, -0.15) is 0 Å². The third-order valence-electron chi connectivity index (χ3n) is 3.36. The van der Waals surface area contributed by atoms with Crippen LogP contribution in [0.25, 0.3) is 6.08 Å². The minimum absolute atomic E-state index is 0.248. The van der Waals surface area contributed by atoms with Crippen LogP contribution in [0.3, 0.4) is 0 Å². The lowest BCUT2D eigenvalue weighted by molar-refractivity contribution is 0.467. The summed E-state index contributed by atoms with van der Waals surface area (Å²) in [7, 11) is 0. The Labute approximate surface area is 121 Å². The summed E-state index contributed by atoms with van der Waals surface area (Å²) in [6.45, 7) is 5.24. The molecule has 0 radical (unpaired) electrons. The Morgan fingerprint density at radius 1 is 1.29 bits per heavy atom. The van der Waals surface area contributed by atoms with Crippen LogP contribution < -0.4 is 5.73 Å². The second-order valence-electron chi connectivity index (χ2n) is 4.88. The quantitative estimate of drug-likeness (QED) is 0.863. The topological polar surface area (TPSA) is 38.9 Å². The molecule has 1 aromatic carbocycles. The highest BCUT2D eigenvalue weighted by Crippen LogP contribution is 2.28. The van der Waals surface area contributed by atoms with Gasteiger partial charge in [-0.3, -0.25) is 0 Å². The van der Waals surface area contributed by atoms with Crippen molar-refractivity contribution in [2.75, 3.05) is 5.73 Å². The van der Waals surface area contributed by atoms with Gasteiger partial charge in [0.1, 0.15) is 11.6 Å². The fourth-order valence-electron chi connectivity index (χ4n) is 2.24. The maximum Gasteiger partial charge on any atom is 0.165 e. The number of benzene rings is 1. The van der Waals surface area contributed by atoms with Crippen LogP contribution in [-0.2, 0) is 6.42 Å². The van der Waals surface area contributed by atoms with Crippen molar-refractivity contribution in [3.8, 4) is 0 Å². The van der Waals surface area contributed by atoms with E-state index in [-0.39, 0.29) is 17.8 Å². The SMILES string of the molecule is C=Cc1cnc(N)c(CC(C)c2c(F)ccc(F)c2F)c1. The number of anilines is 1. The molecule has 0 fully saturated rings. The average Bonchev–Trinajstić information content (AvgIpc) is 2.46. The molecule has 1 atom stereocenters. The van der Waals surface area contributed by atoms with Crippen LogP contribution in [0.4, 0.5) is 19.0 Å². The van der Waals surface area contributed by atoms with Gasteiger partial charge in [-0.15, -0.1) is 0 Å². The van der Waals surface area contributed by atoms with E-state index in [2.05, 4.69) is 11.6 Å². The van der Waals surface area contributed by atoms with Gasteiger partial charge in [0.15, 0.2) is 11.6 Å². The zero-order chi connectivity index (χ0) is 15.6. The number of nitrogen functional groups attached to an aromatic ring is 1. The van der Waals surface area contributed by atoms with Crippen molar-refractivity contribution in [1.82, 2.24) is 4.98 Å². The largest absolute Gasteiger partial charge is 0.383 e. The van der Waals surface area contributed by atoms with Crippen LogP contribution >= 0.6 is 0 Å². The molecule has 5 heteroatoms. The first-order chi connectivity index (χ1) is 9.93. The Morgan fingerprint density at radius 2 is 1.95 bits per heavy atom. The summed E-state index contributed by atoms with van der Waals surface area (Å²) in [6, 6.07) is 3.45. The Morgan fingerprint density at radius 3 is 2.62 bits per heavy atom. The molecule has 0 saturated heterocycles. The van der Waals surface area contributed by atoms with Crippen LogP contribution in [0.2, 0.25) is 0 Å². The zero-order valence-corrected chi connectivity index (χ0v) is 11.5. The monoisotopic (exact) mass is 292 g/mol. The third kappa shape index (κ3) is 3.07. The highest BCUT2D eigenvalue weighted by atomic mass is 19.2. The normalized spacial score (nSPS) is 12.2. The van der Waals surface area contributed by atoms with E-state index in [1.807, 2.05) is 0 Å². The van der Waals surface area contributed by atoms with Crippen LogP contribution in [0.15, 0.2) is 31.0 Å². The van der Waals surface area contributed by atoms with Gasteiger partial charge in [0.05, 0.1) is 0 Å². The van der Waals surface area contributed by atoms with Gasteiger partial charge in [0.2, 0.25) is 0 Å². The molecule has 1 aromatic heterocycles. The van der Waals surface area contributed by atoms with Crippen LogP contribution in [-0.4, -0.2) is 4.98 Å². The molecule has 0 amide bonds. The molecule has 1 unspecified atom stereocenters. The second kappa shape index (κ2) is 5.99. The number of pyridine rings is 1. The minimum atomic E-state index is -1.16. The van der Waals surface area contributed by atoms with Crippen LogP contribution in [0.1, 0.15) is 29.5 Å². The molecule has 1 heterocycles. The second-order valence-corrected chi connectivity index (χ2v) is 4.88. The number of nitrogens with zero attached hydrogens (tertiary/aromatic N) is 1. The van der Waals surface area contributed by atoms with E-state index in [9.17, 15) is 13.2 Å². The van der Waals surface area contributed by atoms with Gasteiger partial charge in [-0.05, 0) is 41.7 Å². The van der Waals surface area contributed by atoms with Gasteiger partial charge in [-0.25, -0.2) is 18.2 Å². The fraction of sp³-hybridized carbons (Fsp3) is 0.188.